The first kappa shape index (κ1) is 24.4. The highest BCUT2D eigenvalue weighted by Gasteiger charge is 2.24. The molecule has 0 aliphatic carbocycles. The molecule has 1 aromatic rings. The number of aliphatic hydroxyl groups excluding tert-OH is 1. The van der Waals surface area contributed by atoms with Gasteiger partial charge in [-0.25, -0.2) is 8.78 Å². The fourth-order valence-corrected chi connectivity index (χ4v) is 3.25. The molecule has 0 aromatic heterocycles. The quantitative estimate of drug-likeness (QED) is 0.625. The van der Waals surface area contributed by atoms with E-state index >= 15 is 0 Å². The van der Waals surface area contributed by atoms with Crippen LogP contribution in [-0.2, 0) is 5.92 Å². The lowest BCUT2D eigenvalue weighted by atomic mass is 9.85. The van der Waals surface area contributed by atoms with Crippen LogP contribution in [0.15, 0.2) is 40.9 Å². The Kier molecular flexibility index (Phi) is 10.5. The zero-order chi connectivity index (χ0) is 21.2. The van der Waals surface area contributed by atoms with Crippen molar-refractivity contribution in [3.8, 4) is 0 Å². The number of piperidine rings is 1. The van der Waals surface area contributed by atoms with E-state index in [4.69, 9.17) is 0 Å². The summed E-state index contributed by atoms with van der Waals surface area (Å²) in [4.78, 5) is 3.79. The highest BCUT2D eigenvalue weighted by molar-refractivity contribution is 5.72. The number of hydrogen-bond donors (Lipinski definition) is 2. The molecule has 0 amide bonds. The molecule has 0 spiro atoms. The standard InChI is InChI=1S/C14H17F2NO.C9H19N/c1-10(8-9-17-3)13(18)11-4-6-12(7-5-11)14(2,15)16;1-3-8(2)9-4-6-10-7-5-9/h4-9,13,18H,1-3H3;8-10H,3-7H2,1-2H3/b10-8+,17-9?;. The lowest BCUT2D eigenvalue weighted by Gasteiger charge is -2.27. The van der Waals surface area contributed by atoms with E-state index in [1.54, 1.807) is 26.3 Å². The Morgan fingerprint density at radius 3 is 2.32 bits per heavy atom. The third kappa shape index (κ3) is 8.19. The highest BCUT2D eigenvalue weighted by Crippen LogP contribution is 2.29. The number of benzene rings is 1. The van der Waals surface area contributed by atoms with E-state index in [-0.39, 0.29) is 5.56 Å². The zero-order valence-corrected chi connectivity index (χ0v) is 17.9. The molecule has 158 valence electrons. The van der Waals surface area contributed by atoms with Crippen LogP contribution in [0.4, 0.5) is 8.78 Å². The fraction of sp³-hybridized carbons (Fsp3) is 0.609. The van der Waals surface area contributed by atoms with Crippen molar-refractivity contribution in [3.63, 3.8) is 0 Å². The monoisotopic (exact) mass is 394 g/mol. The van der Waals surface area contributed by atoms with Crippen molar-refractivity contribution in [3.05, 3.63) is 47.0 Å². The molecule has 5 heteroatoms. The van der Waals surface area contributed by atoms with Gasteiger partial charge in [0.1, 0.15) is 6.10 Å². The van der Waals surface area contributed by atoms with Crippen molar-refractivity contribution in [2.45, 2.75) is 59.0 Å². The van der Waals surface area contributed by atoms with Gasteiger partial charge in [-0.1, -0.05) is 44.5 Å². The number of halogens is 2. The van der Waals surface area contributed by atoms with Gasteiger partial charge in [0.05, 0.1) is 0 Å². The van der Waals surface area contributed by atoms with Crippen LogP contribution in [0.25, 0.3) is 0 Å². The number of aliphatic imine (C=N–C) groups is 1. The summed E-state index contributed by atoms with van der Waals surface area (Å²) in [5, 5.41) is 13.4. The highest BCUT2D eigenvalue weighted by atomic mass is 19.3. The summed E-state index contributed by atoms with van der Waals surface area (Å²) < 4.78 is 26.0. The van der Waals surface area contributed by atoms with Crippen LogP contribution in [0.2, 0.25) is 0 Å². The van der Waals surface area contributed by atoms with Crippen LogP contribution in [0, 0.1) is 11.8 Å². The van der Waals surface area contributed by atoms with Crippen LogP contribution in [0.1, 0.15) is 64.2 Å². The van der Waals surface area contributed by atoms with Crippen molar-refractivity contribution in [1.82, 2.24) is 5.32 Å². The third-order valence-electron chi connectivity index (χ3n) is 5.48. The Balaban J connectivity index is 0.000000330. The minimum atomic E-state index is -2.86. The first-order valence-electron chi connectivity index (χ1n) is 10.2. The Morgan fingerprint density at radius 1 is 1.29 bits per heavy atom. The molecule has 2 atom stereocenters. The van der Waals surface area contributed by atoms with E-state index in [1.807, 2.05) is 0 Å². The predicted molar refractivity (Wildman–Crippen MR) is 114 cm³/mol. The van der Waals surface area contributed by atoms with Crippen LogP contribution in [0.3, 0.4) is 0 Å². The first-order chi connectivity index (χ1) is 13.2. The maximum absolute atomic E-state index is 13.0. The average Bonchev–Trinajstić information content (AvgIpc) is 2.71. The van der Waals surface area contributed by atoms with Crippen molar-refractivity contribution in [2.24, 2.45) is 16.8 Å². The SMILES string of the molecule is CCC(C)C1CCNCC1.CN=C/C=C(\C)C(O)c1ccc(C(C)(F)F)cc1. The molecule has 1 fully saturated rings. The largest absolute Gasteiger partial charge is 0.384 e. The molecule has 28 heavy (non-hydrogen) atoms. The van der Waals surface area contributed by atoms with Gasteiger partial charge in [-0.3, -0.25) is 4.99 Å². The van der Waals surface area contributed by atoms with Crippen LogP contribution < -0.4 is 5.32 Å². The summed E-state index contributed by atoms with van der Waals surface area (Å²) in [6.07, 6.45) is 6.61. The molecule has 1 aliphatic heterocycles. The third-order valence-corrected chi connectivity index (χ3v) is 5.48. The summed E-state index contributed by atoms with van der Waals surface area (Å²) in [5.74, 6) is -0.906. The molecule has 2 rings (SSSR count). The Labute approximate surface area is 169 Å². The molecular weight excluding hydrogens is 358 g/mol. The molecular formula is C23H36F2N2O. The topological polar surface area (TPSA) is 44.6 Å². The molecule has 0 radical (unpaired) electrons. The number of aliphatic hydroxyl groups is 1. The summed E-state index contributed by atoms with van der Waals surface area (Å²) in [6, 6.07) is 5.69. The van der Waals surface area contributed by atoms with E-state index in [1.165, 1.54) is 56.6 Å². The number of allylic oxidation sites excluding steroid dienone is 1. The Bertz CT molecular complexity index is 614. The van der Waals surface area contributed by atoms with Crippen molar-refractivity contribution < 1.29 is 13.9 Å². The molecule has 0 saturated carbocycles. The second-order valence-electron chi connectivity index (χ2n) is 7.70. The lowest BCUT2D eigenvalue weighted by molar-refractivity contribution is 0.0174. The number of alkyl halides is 2. The van der Waals surface area contributed by atoms with Crippen molar-refractivity contribution >= 4 is 6.21 Å². The van der Waals surface area contributed by atoms with Crippen molar-refractivity contribution in [1.29, 1.82) is 0 Å². The molecule has 1 heterocycles. The molecule has 2 unspecified atom stereocenters. The lowest BCUT2D eigenvalue weighted by Crippen LogP contribution is -2.30. The van der Waals surface area contributed by atoms with E-state index in [0.717, 1.165) is 18.8 Å². The van der Waals surface area contributed by atoms with Gasteiger partial charge < -0.3 is 10.4 Å². The number of hydrogen-bond acceptors (Lipinski definition) is 3. The Hall–Kier alpha value is -1.59. The minimum Gasteiger partial charge on any atom is -0.384 e. The van der Waals surface area contributed by atoms with E-state index in [9.17, 15) is 13.9 Å². The van der Waals surface area contributed by atoms with E-state index in [0.29, 0.717) is 11.1 Å². The van der Waals surface area contributed by atoms with E-state index in [2.05, 4.69) is 24.2 Å². The van der Waals surface area contributed by atoms with Gasteiger partial charge >= 0.3 is 0 Å². The second kappa shape index (κ2) is 12.1. The van der Waals surface area contributed by atoms with Gasteiger partial charge in [0.15, 0.2) is 0 Å². The summed E-state index contributed by atoms with van der Waals surface area (Å²) >= 11 is 0. The fourth-order valence-electron chi connectivity index (χ4n) is 3.25. The summed E-state index contributed by atoms with van der Waals surface area (Å²) in [6.45, 7) is 9.78. The molecule has 0 bridgehead atoms. The van der Waals surface area contributed by atoms with Crippen molar-refractivity contribution in [2.75, 3.05) is 20.1 Å². The number of rotatable bonds is 6. The maximum atomic E-state index is 13.0. The average molecular weight is 395 g/mol. The van der Waals surface area contributed by atoms with Gasteiger partial charge in [0, 0.05) is 25.7 Å². The normalized spacial score (nSPS) is 18.5. The number of nitrogens with zero attached hydrogens (tertiary/aromatic N) is 1. The summed E-state index contributed by atoms with van der Waals surface area (Å²) in [5.41, 5.74) is 1.23. The zero-order valence-electron chi connectivity index (χ0n) is 17.9. The Morgan fingerprint density at radius 2 is 1.86 bits per heavy atom. The van der Waals surface area contributed by atoms with Gasteiger partial charge in [-0.2, -0.15) is 0 Å². The van der Waals surface area contributed by atoms with Gasteiger partial charge in [-0.15, -0.1) is 0 Å². The molecule has 2 N–H and O–H groups in total. The van der Waals surface area contributed by atoms with Gasteiger partial charge in [0.25, 0.3) is 5.92 Å². The predicted octanol–water partition coefficient (Wildman–Crippen LogP) is 5.51. The summed E-state index contributed by atoms with van der Waals surface area (Å²) in [7, 11) is 1.63. The van der Waals surface area contributed by atoms with Gasteiger partial charge in [-0.05, 0) is 61.9 Å². The van der Waals surface area contributed by atoms with Gasteiger partial charge in [0.2, 0.25) is 0 Å². The molecule has 1 saturated heterocycles. The van der Waals surface area contributed by atoms with Crippen LogP contribution in [-0.4, -0.2) is 31.5 Å². The number of nitrogens with one attached hydrogen (secondary N) is 1. The minimum absolute atomic E-state index is 0.0600. The molecule has 1 aromatic carbocycles. The maximum Gasteiger partial charge on any atom is 0.270 e. The molecule has 1 aliphatic rings. The smallest absolute Gasteiger partial charge is 0.270 e. The van der Waals surface area contributed by atoms with Crippen LogP contribution in [0.5, 0.6) is 0 Å². The first-order valence-corrected chi connectivity index (χ1v) is 10.2. The van der Waals surface area contributed by atoms with Crippen LogP contribution >= 0.6 is 0 Å². The second-order valence-corrected chi connectivity index (χ2v) is 7.70. The van der Waals surface area contributed by atoms with E-state index < -0.39 is 12.0 Å². The molecule has 3 nitrogen and oxygen atoms in total.